The number of carbonyl (C=O) groups is 1. The first-order valence-electron chi connectivity index (χ1n) is 4.68. The van der Waals surface area contributed by atoms with Crippen LogP contribution in [0.1, 0.15) is 33.6 Å². The highest BCUT2D eigenvalue weighted by atomic mass is 16.6. The number of ether oxygens (including phenoxy) is 1. The average molecular weight is 198 g/mol. The van der Waals surface area contributed by atoms with Crippen LogP contribution in [0, 0.1) is 11.3 Å². The fraction of sp³-hybridized carbons (Fsp3) is 0.800. The molecule has 4 nitrogen and oxygen atoms in total. The Morgan fingerprint density at radius 3 is 2.50 bits per heavy atom. The van der Waals surface area contributed by atoms with Gasteiger partial charge in [-0.3, -0.25) is 4.79 Å². The number of esters is 1. The molecule has 1 atom stereocenters. The third-order valence-corrected chi connectivity index (χ3v) is 1.56. The summed E-state index contributed by atoms with van der Waals surface area (Å²) in [5.74, 6) is -0.256. The molecule has 0 heterocycles. The second kappa shape index (κ2) is 5.61. The number of rotatable bonds is 4. The van der Waals surface area contributed by atoms with Crippen LogP contribution in [-0.4, -0.2) is 24.7 Å². The number of carbonyl (C=O) groups excluding carboxylic acids is 1. The number of nitrogens with zero attached hydrogens (tertiary/aromatic N) is 1. The fourth-order valence-electron chi connectivity index (χ4n) is 0.928. The molecule has 0 aromatic rings. The van der Waals surface area contributed by atoms with E-state index in [0.29, 0.717) is 6.42 Å². The zero-order valence-electron chi connectivity index (χ0n) is 9.26. The van der Waals surface area contributed by atoms with Crippen LogP contribution in [0.15, 0.2) is 0 Å². The number of nitrogens with one attached hydrogen (secondary N) is 1. The van der Waals surface area contributed by atoms with Gasteiger partial charge in [-0.1, -0.05) is 0 Å². The Labute approximate surface area is 85.2 Å². The molecule has 1 unspecified atom stereocenters. The molecule has 0 bridgehead atoms. The third kappa shape index (κ3) is 6.44. The Kier molecular flexibility index (Phi) is 5.18. The summed E-state index contributed by atoms with van der Waals surface area (Å²) in [7, 11) is 1.70. The number of nitriles is 1. The molecule has 0 spiro atoms. The first kappa shape index (κ1) is 12.9. The molecule has 0 fully saturated rings. The van der Waals surface area contributed by atoms with Crippen LogP contribution >= 0.6 is 0 Å². The second-order valence-corrected chi connectivity index (χ2v) is 4.10. The second-order valence-electron chi connectivity index (χ2n) is 4.10. The quantitative estimate of drug-likeness (QED) is 0.690. The van der Waals surface area contributed by atoms with Crippen LogP contribution in [0.3, 0.4) is 0 Å². The van der Waals surface area contributed by atoms with Crippen LogP contribution in [-0.2, 0) is 9.53 Å². The van der Waals surface area contributed by atoms with E-state index in [-0.39, 0.29) is 18.4 Å². The highest BCUT2D eigenvalue weighted by Crippen LogP contribution is 2.09. The Morgan fingerprint density at radius 1 is 1.57 bits per heavy atom. The van der Waals surface area contributed by atoms with Gasteiger partial charge in [0.25, 0.3) is 0 Å². The molecule has 0 aliphatic carbocycles. The van der Waals surface area contributed by atoms with Crippen LogP contribution in [0.5, 0.6) is 0 Å². The average Bonchev–Trinajstić information content (AvgIpc) is 2.03. The lowest BCUT2D eigenvalue weighted by atomic mass is 10.1. The molecule has 0 aliphatic rings. The SMILES string of the molecule is CNC(C#N)CCC(=O)OC(C)(C)C. The van der Waals surface area contributed by atoms with Crippen molar-refractivity contribution in [2.45, 2.75) is 45.3 Å². The van der Waals surface area contributed by atoms with E-state index in [1.165, 1.54) is 0 Å². The van der Waals surface area contributed by atoms with E-state index in [2.05, 4.69) is 11.4 Å². The summed E-state index contributed by atoms with van der Waals surface area (Å²) in [6, 6.07) is 1.78. The zero-order valence-corrected chi connectivity index (χ0v) is 9.26. The predicted octanol–water partition coefficient (Wildman–Crippen LogP) is 1.22. The summed E-state index contributed by atoms with van der Waals surface area (Å²) in [4.78, 5) is 11.2. The van der Waals surface area contributed by atoms with E-state index in [1.807, 2.05) is 20.8 Å². The number of hydrogen-bond acceptors (Lipinski definition) is 4. The van der Waals surface area contributed by atoms with E-state index in [4.69, 9.17) is 10.00 Å². The minimum absolute atomic E-state index is 0.256. The molecular weight excluding hydrogens is 180 g/mol. The van der Waals surface area contributed by atoms with Crippen molar-refractivity contribution in [3.05, 3.63) is 0 Å². The van der Waals surface area contributed by atoms with Crippen LogP contribution < -0.4 is 5.32 Å². The van der Waals surface area contributed by atoms with Crippen molar-refractivity contribution in [1.82, 2.24) is 5.32 Å². The van der Waals surface area contributed by atoms with E-state index in [1.54, 1.807) is 7.05 Å². The zero-order chi connectivity index (χ0) is 11.2. The maximum Gasteiger partial charge on any atom is 0.306 e. The van der Waals surface area contributed by atoms with Crippen molar-refractivity contribution in [3.63, 3.8) is 0 Å². The Bertz CT molecular complexity index is 225. The van der Waals surface area contributed by atoms with E-state index < -0.39 is 5.60 Å². The molecular formula is C10H18N2O2. The van der Waals surface area contributed by atoms with Gasteiger partial charge in [-0.2, -0.15) is 5.26 Å². The Balaban J connectivity index is 3.81. The monoisotopic (exact) mass is 198 g/mol. The molecule has 0 amide bonds. The van der Waals surface area contributed by atoms with Gasteiger partial charge < -0.3 is 10.1 Å². The molecule has 14 heavy (non-hydrogen) atoms. The van der Waals surface area contributed by atoms with Crippen molar-refractivity contribution in [2.24, 2.45) is 0 Å². The van der Waals surface area contributed by atoms with E-state index >= 15 is 0 Å². The first-order valence-corrected chi connectivity index (χ1v) is 4.68. The van der Waals surface area contributed by atoms with Crippen molar-refractivity contribution in [2.75, 3.05) is 7.05 Å². The van der Waals surface area contributed by atoms with Gasteiger partial charge in [0.15, 0.2) is 0 Å². The molecule has 0 aliphatic heterocycles. The minimum Gasteiger partial charge on any atom is -0.460 e. The lowest BCUT2D eigenvalue weighted by molar-refractivity contribution is -0.154. The van der Waals surface area contributed by atoms with Gasteiger partial charge in [0.2, 0.25) is 0 Å². The Hall–Kier alpha value is -1.08. The van der Waals surface area contributed by atoms with Crippen molar-refractivity contribution >= 4 is 5.97 Å². The standard InChI is InChI=1S/C10H18N2O2/c1-10(2,3)14-9(13)6-5-8(7-11)12-4/h8,12H,5-6H2,1-4H3. The maximum absolute atomic E-state index is 11.2. The normalized spacial score (nSPS) is 13.1. The van der Waals surface area contributed by atoms with Crippen LogP contribution in [0.2, 0.25) is 0 Å². The molecule has 80 valence electrons. The third-order valence-electron chi connectivity index (χ3n) is 1.56. The fourth-order valence-corrected chi connectivity index (χ4v) is 0.928. The molecule has 0 saturated carbocycles. The van der Waals surface area contributed by atoms with Crippen molar-refractivity contribution in [1.29, 1.82) is 5.26 Å². The lowest BCUT2D eigenvalue weighted by Gasteiger charge is -2.19. The maximum atomic E-state index is 11.2. The van der Waals surface area contributed by atoms with Crippen LogP contribution in [0.4, 0.5) is 0 Å². The van der Waals surface area contributed by atoms with Crippen molar-refractivity contribution in [3.8, 4) is 6.07 Å². The topological polar surface area (TPSA) is 62.1 Å². The molecule has 0 aromatic heterocycles. The van der Waals surface area contributed by atoms with Gasteiger partial charge in [0.05, 0.1) is 12.1 Å². The summed E-state index contributed by atoms with van der Waals surface area (Å²) in [5, 5.41) is 11.4. The summed E-state index contributed by atoms with van der Waals surface area (Å²) >= 11 is 0. The molecule has 4 heteroatoms. The summed E-state index contributed by atoms with van der Waals surface area (Å²) < 4.78 is 5.10. The first-order chi connectivity index (χ1) is 6.39. The van der Waals surface area contributed by atoms with Gasteiger partial charge in [-0.25, -0.2) is 0 Å². The summed E-state index contributed by atoms with van der Waals surface area (Å²) in [6.45, 7) is 5.47. The molecule has 0 aromatic carbocycles. The Morgan fingerprint density at radius 2 is 2.14 bits per heavy atom. The largest absolute Gasteiger partial charge is 0.460 e. The molecule has 0 radical (unpaired) electrons. The smallest absolute Gasteiger partial charge is 0.306 e. The number of hydrogen-bond donors (Lipinski definition) is 1. The highest BCUT2D eigenvalue weighted by Gasteiger charge is 2.17. The molecule has 1 N–H and O–H groups in total. The predicted molar refractivity (Wildman–Crippen MR) is 53.5 cm³/mol. The van der Waals surface area contributed by atoms with Crippen molar-refractivity contribution < 1.29 is 9.53 Å². The van der Waals surface area contributed by atoms with Gasteiger partial charge in [0, 0.05) is 6.42 Å². The minimum atomic E-state index is -0.446. The molecule has 0 saturated heterocycles. The van der Waals surface area contributed by atoms with Gasteiger partial charge in [-0.05, 0) is 34.2 Å². The van der Waals surface area contributed by atoms with E-state index in [0.717, 1.165) is 0 Å². The van der Waals surface area contributed by atoms with Gasteiger partial charge >= 0.3 is 5.97 Å². The summed E-state index contributed by atoms with van der Waals surface area (Å²) in [6.07, 6.45) is 0.762. The highest BCUT2D eigenvalue weighted by molar-refractivity contribution is 5.69. The lowest BCUT2D eigenvalue weighted by Crippen LogP contribution is -2.27. The molecule has 0 rings (SSSR count). The van der Waals surface area contributed by atoms with Crippen LogP contribution in [0.25, 0.3) is 0 Å². The van der Waals surface area contributed by atoms with E-state index in [9.17, 15) is 4.79 Å². The van der Waals surface area contributed by atoms with Gasteiger partial charge in [0.1, 0.15) is 5.60 Å². The summed E-state index contributed by atoms with van der Waals surface area (Å²) in [5.41, 5.74) is -0.446. The van der Waals surface area contributed by atoms with Gasteiger partial charge in [-0.15, -0.1) is 0 Å².